The maximum absolute atomic E-state index is 13.2. The molecule has 0 spiro atoms. The van der Waals surface area contributed by atoms with Gasteiger partial charge in [-0.15, -0.1) is 4.40 Å². The standard InChI is InChI=1S/C21H16N2O3S2/c24-20-19(16-10-4-1-5-11-16)27-21(23(20)17-12-6-2-7-13-17)22-28(25,26)18-14-8-3-9-15-18/h1-15,19H/b22-21+. The van der Waals surface area contributed by atoms with Crippen LogP contribution in [0, 0.1) is 0 Å². The second-order valence-electron chi connectivity index (χ2n) is 6.08. The Hall–Kier alpha value is -2.90. The van der Waals surface area contributed by atoms with Crippen molar-refractivity contribution in [2.24, 2.45) is 4.40 Å². The summed E-state index contributed by atoms with van der Waals surface area (Å²) < 4.78 is 29.6. The Bertz CT molecular complexity index is 1120. The van der Waals surface area contributed by atoms with Crippen molar-refractivity contribution >= 4 is 38.5 Å². The molecule has 3 aromatic rings. The van der Waals surface area contributed by atoms with Crippen molar-refractivity contribution in [1.82, 2.24) is 0 Å². The second kappa shape index (κ2) is 7.61. The molecule has 0 saturated carbocycles. The van der Waals surface area contributed by atoms with Gasteiger partial charge in [0.2, 0.25) is 0 Å². The lowest BCUT2D eigenvalue weighted by Gasteiger charge is -2.16. The smallest absolute Gasteiger partial charge is 0.272 e. The Morgan fingerprint density at radius 2 is 1.32 bits per heavy atom. The number of anilines is 1. The molecule has 4 rings (SSSR count). The van der Waals surface area contributed by atoms with E-state index in [1.165, 1.54) is 17.0 Å². The molecule has 1 heterocycles. The molecule has 5 nitrogen and oxygen atoms in total. The van der Waals surface area contributed by atoms with Crippen LogP contribution in [0.5, 0.6) is 0 Å². The highest BCUT2D eigenvalue weighted by Crippen LogP contribution is 2.42. The third kappa shape index (κ3) is 3.58. The van der Waals surface area contributed by atoms with Crippen LogP contribution in [-0.4, -0.2) is 19.5 Å². The number of nitrogens with zero attached hydrogens (tertiary/aromatic N) is 2. The van der Waals surface area contributed by atoms with E-state index in [-0.39, 0.29) is 16.0 Å². The number of carbonyl (C=O) groups is 1. The quantitative estimate of drug-likeness (QED) is 0.647. The van der Waals surface area contributed by atoms with Crippen molar-refractivity contribution in [3.05, 3.63) is 96.6 Å². The van der Waals surface area contributed by atoms with Gasteiger partial charge in [-0.1, -0.05) is 78.5 Å². The SMILES string of the molecule is O=C1C(c2ccccc2)S/C(=N/S(=O)(=O)c2ccccc2)N1c1ccccc1. The molecule has 140 valence electrons. The Morgan fingerprint density at radius 3 is 1.93 bits per heavy atom. The molecule has 1 fully saturated rings. The number of thioether (sulfide) groups is 1. The van der Waals surface area contributed by atoms with Crippen molar-refractivity contribution in [1.29, 1.82) is 0 Å². The maximum Gasteiger partial charge on any atom is 0.284 e. The van der Waals surface area contributed by atoms with Crippen LogP contribution < -0.4 is 4.90 Å². The Morgan fingerprint density at radius 1 is 0.786 bits per heavy atom. The van der Waals surface area contributed by atoms with Crippen molar-refractivity contribution in [2.45, 2.75) is 10.1 Å². The predicted octanol–water partition coefficient (Wildman–Crippen LogP) is 4.25. The van der Waals surface area contributed by atoms with Gasteiger partial charge in [0.15, 0.2) is 5.17 Å². The zero-order chi connectivity index (χ0) is 19.6. The third-order valence-electron chi connectivity index (χ3n) is 4.22. The van der Waals surface area contributed by atoms with Crippen molar-refractivity contribution < 1.29 is 13.2 Å². The van der Waals surface area contributed by atoms with E-state index in [4.69, 9.17) is 0 Å². The van der Waals surface area contributed by atoms with Gasteiger partial charge in [0.05, 0.1) is 10.6 Å². The molecule has 0 N–H and O–H groups in total. The first kappa shape index (κ1) is 18.5. The van der Waals surface area contributed by atoms with Gasteiger partial charge in [-0.3, -0.25) is 9.69 Å². The van der Waals surface area contributed by atoms with Crippen LogP contribution in [0.1, 0.15) is 10.8 Å². The van der Waals surface area contributed by atoms with Crippen LogP contribution in [0.25, 0.3) is 0 Å². The fraction of sp³-hybridized carbons (Fsp3) is 0.0476. The average molecular weight is 409 g/mol. The zero-order valence-corrected chi connectivity index (χ0v) is 16.3. The molecule has 0 aromatic heterocycles. The largest absolute Gasteiger partial charge is 0.284 e. The van der Waals surface area contributed by atoms with E-state index in [1.54, 1.807) is 42.5 Å². The number of sulfonamides is 1. The van der Waals surface area contributed by atoms with Gasteiger partial charge < -0.3 is 0 Å². The minimum Gasteiger partial charge on any atom is -0.272 e. The van der Waals surface area contributed by atoms with Crippen molar-refractivity contribution in [3.63, 3.8) is 0 Å². The first-order valence-corrected chi connectivity index (χ1v) is 10.9. The molecule has 1 atom stereocenters. The summed E-state index contributed by atoms with van der Waals surface area (Å²) in [5.74, 6) is -0.218. The fourth-order valence-corrected chi connectivity index (χ4v) is 5.25. The molecule has 0 radical (unpaired) electrons. The monoisotopic (exact) mass is 408 g/mol. The van der Waals surface area contributed by atoms with Gasteiger partial charge in [0.1, 0.15) is 5.25 Å². The van der Waals surface area contributed by atoms with E-state index in [1.807, 2.05) is 36.4 Å². The van der Waals surface area contributed by atoms with Gasteiger partial charge in [-0.25, -0.2) is 0 Å². The summed E-state index contributed by atoms with van der Waals surface area (Å²) in [6.07, 6.45) is 0. The molecule has 1 amide bonds. The first-order valence-electron chi connectivity index (χ1n) is 8.57. The summed E-state index contributed by atoms with van der Waals surface area (Å²) in [5, 5.41) is -0.403. The summed E-state index contributed by atoms with van der Waals surface area (Å²) in [4.78, 5) is 14.6. The van der Waals surface area contributed by atoms with E-state index >= 15 is 0 Å². The number of hydrogen-bond acceptors (Lipinski definition) is 4. The number of amidine groups is 1. The molecule has 0 bridgehead atoms. The van der Waals surface area contributed by atoms with Crippen LogP contribution in [-0.2, 0) is 14.8 Å². The van der Waals surface area contributed by atoms with Gasteiger partial charge >= 0.3 is 0 Å². The molecule has 1 unspecified atom stereocenters. The summed E-state index contributed by atoms with van der Waals surface area (Å²) in [5.41, 5.74) is 1.39. The minimum absolute atomic E-state index is 0.0896. The highest BCUT2D eigenvalue weighted by Gasteiger charge is 2.41. The van der Waals surface area contributed by atoms with E-state index in [0.29, 0.717) is 5.69 Å². The lowest BCUT2D eigenvalue weighted by molar-refractivity contribution is -0.117. The van der Waals surface area contributed by atoms with Gasteiger partial charge in [-0.2, -0.15) is 8.42 Å². The first-order chi connectivity index (χ1) is 13.6. The van der Waals surface area contributed by atoms with Crippen LogP contribution in [0.3, 0.4) is 0 Å². The number of carbonyl (C=O) groups excluding carboxylic acids is 1. The molecular formula is C21H16N2O3S2. The second-order valence-corrected chi connectivity index (χ2v) is 8.76. The van der Waals surface area contributed by atoms with Crippen LogP contribution >= 0.6 is 11.8 Å². The van der Waals surface area contributed by atoms with Gasteiger partial charge in [0.25, 0.3) is 15.9 Å². The van der Waals surface area contributed by atoms with Crippen LogP contribution in [0.15, 0.2) is 100 Å². The predicted molar refractivity (Wildman–Crippen MR) is 112 cm³/mol. The average Bonchev–Trinajstić information content (AvgIpc) is 3.05. The lowest BCUT2D eigenvalue weighted by Crippen LogP contribution is -2.30. The summed E-state index contributed by atoms with van der Waals surface area (Å²) in [6, 6.07) is 26.2. The Kier molecular flexibility index (Phi) is 5.02. The van der Waals surface area contributed by atoms with Crippen LogP contribution in [0.4, 0.5) is 5.69 Å². The van der Waals surface area contributed by atoms with E-state index in [0.717, 1.165) is 17.3 Å². The number of rotatable bonds is 4. The highest BCUT2D eigenvalue weighted by molar-refractivity contribution is 8.16. The minimum atomic E-state index is -3.94. The summed E-state index contributed by atoms with van der Waals surface area (Å²) in [6.45, 7) is 0. The molecule has 0 aliphatic carbocycles. The summed E-state index contributed by atoms with van der Waals surface area (Å²) >= 11 is 1.14. The van der Waals surface area contributed by atoms with Crippen molar-refractivity contribution in [3.8, 4) is 0 Å². The molecular weight excluding hydrogens is 392 g/mol. The number of amides is 1. The Balaban J connectivity index is 1.80. The van der Waals surface area contributed by atoms with Crippen LogP contribution in [0.2, 0.25) is 0 Å². The highest BCUT2D eigenvalue weighted by atomic mass is 32.2. The van der Waals surface area contributed by atoms with Gasteiger partial charge in [0, 0.05) is 0 Å². The molecule has 1 saturated heterocycles. The van der Waals surface area contributed by atoms with E-state index < -0.39 is 15.3 Å². The normalized spacial score (nSPS) is 18.6. The molecule has 7 heteroatoms. The van der Waals surface area contributed by atoms with E-state index in [9.17, 15) is 13.2 Å². The number of para-hydroxylation sites is 1. The third-order valence-corrected chi connectivity index (χ3v) is 6.81. The zero-order valence-electron chi connectivity index (χ0n) is 14.7. The molecule has 3 aromatic carbocycles. The number of benzene rings is 3. The summed E-state index contributed by atoms with van der Waals surface area (Å²) in [7, 11) is -3.94. The fourth-order valence-electron chi connectivity index (χ4n) is 2.88. The number of hydrogen-bond donors (Lipinski definition) is 0. The van der Waals surface area contributed by atoms with Crippen molar-refractivity contribution in [2.75, 3.05) is 4.90 Å². The molecule has 1 aliphatic rings. The molecule has 28 heavy (non-hydrogen) atoms. The maximum atomic E-state index is 13.2. The Labute approximate surface area is 167 Å². The lowest BCUT2D eigenvalue weighted by atomic mass is 10.1. The van der Waals surface area contributed by atoms with Gasteiger partial charge in [-0.05, 0) is 29.8 Å². The molecule has 1 aliphatic heterocycles. The van der Waals surface area contributed by atoms with E-state index in [2.05, 4.69) is 4.40 Å². The topological polar surface area (TPSA) is 66.8 Å².